The molecule has 2 aromatic rings. The second kappa shape index (κ2) is 2.52. The molecule has 0 saturated carbocycles. The van der Waals surface area contributed by atoms with Crippen molar-refractivity contribution in [3.05, 3.63) is 23.9 Å². The molecule has 0 radical (unpaired) electrons. The van der Waals surface area contributed by atoms with Crippen molar-refractivity contribution in [1.82, 2.24) is 5.16 Å². The van der Waals surface area contributed by atoms with Crippen LogP contribution in [0.1, 0.15) is 12.6 Å². The summed E-state index contributed by atoms with van der Waals surface area (Å²) < 4.78 is 5.09. The van der Waals surface area contributed by atoms with Crippen molar-refractivity contribution in [3.63, 3.8) is 0 Å². The van der Waals surface area contributed by atoms with Gasteiger partial charge in [-0.15, -0.1) is 0 Å². The van der Waals surface area contributed by atoms with Gasteiger partial charge in [0.05, 0.1) is 5.69 Å². The first-order valence-electron chi connectivity index (χ1n) is 3.95. The summed E-state index contributed by atoms with van der Waals surface area (Å²) in [7, 11) is 0. The second-order valence-electron chi connectivity index (χ2n) is 2.74. The molecule has 0 spiro atoms. The van der Waals surface area contributed by atoms with Crippen LogP contribution in [-0.2, 0) is 6.42 Å². The third-order valence-corrected chi connectivity index (χ3v) is 1.90. The number of nitrogen functional groups attached to an aromatic ring is 1. The lowest BCUT2D eigenvalue weighted by molar-refractivity contribution is 0.447. The fourth-order valence-corrected chi connectivity index (χ4v) is 1.26. The van der Waals surface area contributed by atoms with Crippen LogP contribution < -0.4 is 5.73 Å². The zero-order chi connectivity index (χ0) is 8.55. The number of hydrogen-bond donors (Lipinski definition) is 1. The SMILES string of the molecule is CCc1noc2ccc(N)cc12. The van der Waals surface area contributed by atoms with E-state index in [0.29, 0.717) is 0 Å². The Labute approximate surface area is 70.1 Å². The Kier molecular flexibility index (Phi) is 1.50. The smallest absolute Gasteiger partial charge is 0.167 e. The number of fused-ring (bicyclic) bond motifs is 1. The predicted molar refractivity (Wildman–Crippen MR) is 47.8 cm³/mol. The Morgan fingerprint density at radius 3 is 3.08 bits per heavy atom. The summed E-state index contributed by atoms with van der Waals surface area (Å²) in [5.74, 6) is 0. The summed E-state index contributed by atoms with van der Waals surface area (Å²) in [5.41, 5.74) is 8.16. The van der Waals surface area contributed by atoms with E-state index in [1.807, 2.05) is 25.1 Å². The highest BCUT2D eigenvalue weighted by molar-refractivity contribution is 5.82. The Morgan fingerprint density at radius 2 is 2.33 bits per heavy atom. The molecule has 3 nitrogen and oxygen atoms in total. The molecule has 0 aliphatic rings. The summed E-state index contributed by atoms with van der Waals surface area (Å²) in [6, 6.07) is 5.55. The normalized spacial score (nSPS) is 10.8. The number of rotatable bonds is 1. The Balaban J connectivity index is 2.75. The minimum absolute atomic E-state index is 0.750. The fourth-order valence-electron chi connectivity index (χ4n) is 1.26. The van der Waals surface area contributed by atoms with Gasteiger partial charge in [0.25, 0.3) is 0 Å². The van der Waals surface area contributed by atoms with Crippen molar-refractivity contribution in [3.8, 4) is 0 Å². The van der Waals surface area contributed by atoms with E-state index in [9.17, 15) is 0 Å². The van der Waals surface area contributed by atoms with Crippen LogP contribution in [-0.4, -0.2) is 5.16 Å². The van der Waals surface area contributed by atoms with Crippen molar-refractivity contribution < 1.29 is 4.52 Å². The zero-order valence-corrected chi connectivity index (χ0v) is 6.87. The van der Waals surface area contributed by atoms with Gasteiger partial charge in [-0.2, -0.15) is 0 Å². The first kappa shape index (κ1) is 7.16. The Morgan fingerprint density at radius 1 is 1.50 bits per heavy atom. The summed E-state index contributed by atoms with van der Waals surface area (Å²) in [6.45, 7) is 2.04. The van der Waals surface area contributed by atoms with E-state index in [1.165, 1.54) is 0 Å². The molecule has 1 aromatic heterocycles. The maximum Gasteiger partial charge on any atom is 0.167 e. The standard InChI is InChI=1S/C9H10N2O/c1-2-8-7-5-6(10)3-4-9(7)12-11-8/h3-5H,2,10H2,1H3. The molecular weight excluding hydrogens is 152 g/mol. The van der Waals surface area contributed by atoms with Crippen LogP contribution in [0.4, 0.5) is 5.69 Å². The summed E-state index contributed by atoms with van der Waals surface area (Å²) in [4.78, 5) is 0. The quantitative estimate of drug-likeness (QED) is 0.652. The number of benzene rings is 1. The molecule has 0 atom stereocenters. The third kappa shape index (κ3) is 0.942. The van der Waals surface area contributed by atoms with Gasteiger partial charge in [0.15, 0.2) is 5.58 Å². The summed E-state index contributed by atoms with van der Waals surface area (Å²) >= 11 is 0. The van der Waals surface area contributed by atoms with Gasteiger partial charge in [0.1, 0.15) is 0 Å². The molecule has 12 heavy (non-hydrogen) atoms. The molecule has 0 unspecified atom stereocenters. The molecule has 2 rings (SSSR count). The maximum absolute atomic E-state index is 5.64. The molecule has 2 N–H and O–H groups in total. The van der Waals surface area contributed by atoms with Gasteiger partial charge in [-0.3, -0.25) is 0 Å². The predicted octanol–water partition coefficient (Wildman–Crippen LogP) is 1.97. The molecule has 0 saturated heterocycles. The van der Waals surface area contributed by atoms with Crippen LogP contribution in [0, 0.1) is 0 Å². The van der Waals surface area contributed by atoms with E-state index in [1.54, 1.807) is 0 Å². The topological polar surface area (TPSA) is 52.0 Å². The number of nitrogens with zero attached hydrogens (tertiary/aromatic N) is 1. The number of nitrogens with two attached hydrogens (primary N) is 1. The number of aromatic nitrogens is 1. The average molecular weight is 162 g/mol. The molecule has 62 valence electrons. The van der Waals surface area contributed by atoms with Gasteiger partial charge >= 0.3 is 0 Å². The van der Waals surface area contributed by atoms with Crippen LogP contribution >= 0.6 is 0 Å². The zero-order valence-electron chi connectivity index (χ0n) is 6.87. The van der Waals surface area contributed by atoms with Gasteiger partial charge in [0, 0.05) is 11.1 Å². The minimum Gasteiger partial charge on any atom is -0.399 e. The van der Waals surface area contributed by atoms with E-state index < -0.39 is 0 Å². The van der Waals surface area contributed by atoms with E-state index >= 15 is 0 Å². The van der Waals surface area contributed by atoms with Crippen LogP contribution in [0.25, 0.3) is 11.0 Å². The van der Waals surface area contributed by atoms with Gasteiger partial charge in [-0.25, -0.2) is 0 Å². The van der Waals surface area contributed by atoms with Crippen molar-refractivity contribution in [2.24, 2.45) is 0 Å². The molecular formula is C9H10N2O. The molecule has 0 aliphatic heterocycles. The monoisotopic (exact) mass is 162 g/mol. The maximum atomic E-state index is 5.64. The van der Waals surface area contributed by atoms with Crippen molar-refractivity contribution in [2.45, 2.75) is 13.3 Å². The van der Waals surface area contributed by atoms with Crippen molar-refractivity contribution in [1.29, 1.82) is 0 Å². The Hall–Kier alpha value is -1.51. The lowest BCUT2D eigenvalue weighted by atomic mass is 10.2. The molecule has 0 fully saturated rings. The molecule has 3 heteroatoms. The van der Waals surface area contributed by atoms with Crippen LogP contribution in [0.5, 0.6) is 0 Å². The fraction of sp³-hybridized carbons (Fsp3) is 0.222. The first-order valence-corrected chi connectivity index (χ1v) is 3.95. The number of anilines is 1. The second-order valence-corrected chi connectivity index (χ2v) is 2.74. The average Bonchev–Trinajstić information content (AvgIpc) is 2.46. The van der Waals surface area contributed by atoms with Crippen LogP contribution in [0.3, 0.4) is 0 Å². The highest BCUT2D eigenvalue weighted by Crippen LogP contribution is 2.20. The lowest BCUT2D eigenvalue weighted by Gasteiger charge is -1.91. The van der Waals surface area contributed by atoms with E-state index in [-0.39, 0.29) is 0 Å². The molecule has 0 amide bonds. The van der Waals surface area contributed by atoms with Crippen molar-refractivity contribution in [2.75, 3.05) is 5.73 Å². The highest BCUT2D eigenvalue weighted by atomic mass is 16.5. The summed E-state index contributed by atoms with van der Waals surface area (Å²) in [6.07, 6.45) is 0.871. The van der Waals surface area contributed by atoms with E-state index in [4.69, 9.17) is 10.3 Å². The molecule has 0 bridgehead atoms. The third-order valence-electron chi connectivity index (χ3n) is 1.90. The lowest BCUT2D eigenvalue weighted by Crippen LogP contribution is -1.84. The van der Waals surface area contributed by atoms with Gasteiger partial charge in [-0.1, -0.05) is 12.1 Å². The van der Waals surface area contributed by atoms with Crippen LogP contribution in [0.2, 0.25) is 0 Å². The Bertz CT molecular complexity index is 406. The molecule has 1 heterocycles. The van der Waals surface area contributed by atoms with Crippen LogP contribution in [0.15, 0.2) is 22.7 Å². The number of hydrogen-bond acceptors (Lipinski definition) is 3. The highest BCUT2D eigenvalue weighted by Gasteiger charge is 2.05. The van der Waals surface area contributed by atoms with Crippen molar-refractivity contribution >= 4 is 16.7 Å². The van der Waals surface area contributed by atoms with Gasteiger partial charge in [0.2, 0.25) is 0 Å². The van der Waals surface area contributed by atoms with E-state index in [0.717, 1.165) is 28.8 Å². The molecule has 1 aromatic carbocycles. The first-order chi connectivity index (χ1) is 5.81. The molecule has 0 aliphatic carbocycles. The summed E-state index contributed by atoms with van der Waals surface area (Å²) in [5, 5.41) is 4.95. The van der Waals surface area contributed by atoms with Gasteiger partial charge in [-0.05, 0) is 24.6 Å². The van der Waals surface area contributed by atoms with Gasteiger partial charge < -0.3 is 10.3 Å². The number of aryl methyl sites for hydroxylation is 1. The minimum atomic E-state index is 0.750. The van der Waals surface area contributed by atoms with E-state index in [2.05, 4.69) is 5.16 Å². The largest absolute Gasteiger partial charge is 0.399 e.